The average molecular weight is 558 g/mol. The summed E-state index contributed by atoms with van der Waals surface area (Å²) in [5, 5.41) is 3.03. The monoisotopic (exact) mass is 558 g/mol. The molecule has 0 spiro atoms. The number of hydrogen-bond donors (Lipinski definition) is 2. The molecule has 0 saturated heterocycles. The summed E-state index contributed by atoms with van der Waals surface area (Å²) in [4.78, 5) is 12.5. The van der Waals surface area contributed by atoms with E-state index in [-0.39, 0.29) is 12.2 Å². The lowest BCUT2D eigenvalue weighted by atomic mass is 9.47. The molecule has 0 unspecified atom stereocenters. The van der Waals surface area contributed by atoms with E-state index in [1.54, 1.807) is 5.57 Å². The number of unbranched alkanes of at least 4 members (excludes halogenated alkanes) is 5. The second-order valence-corrected chi connectivity index (χ2v) is 15.5. The van der Waals surface area contributed by atoms with Gasteiger partial charge >= 0.3 is 6.09 Å². The predicted molar refractivity (Wildman–Crippen MR) is 167 cm³/mol. The third kappa shape index (κ3) is 7.30. The number of hydrogen-bond acceptors (Lipinski definition) is 2. The number of amides is 1. The van der Waals surface area contributed by atoms with Crippen LogP contribution in [-0.2, 0) is 4.74 Å². The second-order valence-electron chi connectivity index (χ2n) is 15.5. The molecule has 3 saturated carbocycles. The Hall–Kier alpha value is -1.03. The molecule has 4 rings (SSSR count). The van der Waals surface area contributed by atoms with E-state index in [1.165, 1.54) is 89.9 Å². The molecule has 1 amide bonds. The molecule has 0 aromatic rings. The minimum absolute atomic E-state index is 0.0509. The van der Waals surface area contributed by atoms with Gasteiger partial charge in [0.15, 0.2) is 0 Å². The molecule has 230 valence electrons. The van der Waals surface area contributed by atoms with E-state index in [0.717, 1.165) is 67.9 Å². The van der Waals surface area contributed by atoms with Crippen LogP contribution in [0.15, 0.2) is 11.6 Å². The highest BCUT2D eigenvalue weighted by atomic mass is 16.6. The summed E-state index contributed by atoms with van der Waals surface area (Å²) >= 11 is 0. The van der Waals surface area contributed by atoms with Crippen LogP contribution in [0.5, 0.6) is 0 Å². The first-order chi connectivity index (χ1) is 19.2. The zero-order valence-electron chi connectivity index (χ0n) is 27.1. The van der Waals surface area contributed by atoms with Crippen molar-refractivity contribution >= 4 is 6.09 Å². The first-order valence-electron chi connectivity index (χ1n) is 17.6. The number of carbonyl (C=O) groups is 1. The summed E-state index contributed by atoms with van der Waals surface area (Å²) in [6.45, 7) is 14.4. The highest BCUT2D eigenvalue weighted by Crippen LogP contribution is 2.67. The topological polar surface area (TPSA) is 66.0 Å². The van der Waals surface area contributed by atoms with Crippen LogP contribution in [-0.4, -0.2) is 25.3 Å². The fraction of sp³-hybridized carbons (Fsp3) is 0.917. The Labute approximate surface area is 247 Å². The number of carbonyl (C=O) groups excluding carboxylic acids is 1. The van der Waals surface area contributed by atoms with Gasteiger partial charge in [-0.1, -0.05) is 84.8 Å². The van der Waals surface area contributed by atoms with Crippen molar-refractivity contribution in [2.45, 2.75) is 150 Å². The summed E-state index contributed by atoms with van der Waals surface area (Å²) in [5.74, 6) is 5.22. The van der Waals surface area contributed by atoms with Crippen molar-refractivity contribution in [2.24, 2.45) is 46.3 Å². The van der Waals surface area contributed by atoms with Crippen LogP contribution in [0, 0.1) is 46.3 Å². The Morgan fingerprint density at radius 2 is 1.70 bits per heavy atom. The highest BCUT2D eigenvalue weighted by Gasteiger charge is 2.59. The SMILES string of the molecule is CC(C)CCC[C@@H](C)[C@H]1CC[C@H]2[C@@H]3CC=C4C[C@@H](OC(=O)NCCCCCCCC[NH3+])CC[C@]4(C)[C@H]3CC[C@]12C. The van der Waals surface area contributed by atoms with Crippen LogP contribution >= 0.6 is 0 Å². The van der Waals surface area contributed by atoms with Gasteiger partial charge in [0.1, 0.15) is 6.10 Å². The number of fused-ring (bicyclic) bond motifs is 5. The fourth-order valence-electron chi connectivity index (χ4n) is 10.1. The lowest BCUT2D eigenvalue weighted by Crippen LogP contribution is -2.51. The van der Waals surface area contributed by atoms with Crippen LogP contribution in [0.25, 0.3) is 0 Å². The molecule has 40 heavy (non-hydrogen) atoms. The number of ether oxygens (including phenoxy) is 1. The standard InChI is InChI=1S/C36H64N2O2/c1-26(2)13-12-14-27(3)31-17-18-32-30-16-15-28-25-29(19-21-35(28,4)33(30)20-22-36(31,32)5)40-34(39)38-24-11-9-7-6-8-10-23-37/h15,26-27,29-33H,6-14,16-25,37H2,1-5H3,(H,38,39)/p+1/t27-,29+,30+,31-,32+,33+,35+,36-/m1/s1. The smallest absolute Gasteiger partial charge is 0.407 e. The minimum Gasteiger partial charge on any atom is -0.446 e. The number of nitrogens with one attached hydrogen (secondary N) is 1. The predicted octanol–water partition coefficient (Wildman–Crippen LogP) is 8.71. The molecule has 3 fully saturated rings. The van der Waals surface area contributed by atoms with E-state index in [1.807, 2.05) is 0 Å². The lowest BCUT2D eigenvalue weighted by molar-refractivity contribution is -0.368. The molecule has 4 aliphatic rings. The number of rotatable bonds is 14. The van der Waals surface area contributed by atoms with Gasteiger partial charge in [-0.3, -0.25) is 0 Å². The number of alkyl carbamates (subject to hydrolysis) is 1. The van der Waals surface area contributed by atoms with Crippen molar-refractivity contribution in [3.05, 3.63) is 11.6 Å². The van der Waals surface area contributed by atoms with Crippen molar-refractivity contribution in [3.8, 4) is 0 Å². The minimum atomic E-state index is -0.201. The van der Waals surface area contributed by atoms with Gasteiger partial charge in [0.2, 0.25) is 0 Å². The van der Waals surface area contributed by atoms with Crippen LogP contribution in [0.1, 0.15) is 144 Å². The van der Waals surface area contributed by atoms with Crippen molar-refractivity contribution in [1.29, 1.82) is 0 Å². The van der Waals surface area contributed by atoms with Crippen molar-refractivity contribution in [1.82, 2.24) is 5.32 Å². The largest absolute Gasteiger partial charge is 0.446 e. The number of quaternary nitrogens is 1. The molecule has 4 aliphatic carbocycles. The van der Waals surface area contributed by atoms with Crippen LogP contribution in [0.2, 0.25) is 0 Å². The Balaban J connectivity index is 1.26. The van der Waals surface area contributed by atoms with Crippen LogP contribution in [0.4, 0.5) is 4.79 Å². The normalized spacial score (nSPS) is 35.9. The molecule has 4 heteroatoms. The zero-order valence-corrected chi connectivity index (χ0v) is 27.1. The van der Waals surface area contributed by atoms with E-state index in [4.69, 9.17) is 4.74 Å². The van der Waals surface area contributed by atoms with E-state index >= 15 is 0 Å². The maximum atomic E-state index is 12.5. The lowest BCUT2D eigenvalue weighted by Gasteiger charge is -2.58. The summed E-state index contributed by atoms with van der Waals surface area (Å²) in [5.41, 5.74) is 6.39. The summed E-state index contributed by atoms with van der Waals surface area (Å²) in [7, 11) is 0. The molecular weight excluding hydrogens is 492 g/mol. The van der Waals surface area contributed by atoms with Gasteiger partial charge in [-0.15, -0.1) is 0 Å². The molecule has 0 aliphatic heterocycles. The summed E-state index contributed by atoms with van der Waals surface area (Å²) in [6.07, 6.45) is 24.2. The van der Waals surface area contributed by atoms with Gasteiger partial charge in [-0.2, -0.15) is 0 Å². The van der Waals surface area contributed by atoms with Crippen molar-refractivity contribution < 1.29 is 15.3 Å². The molecule has 4 N–H and O–H groups in total. The first-order valence-corrected chi connectivity index (χ1v) is 17.6. The van der Waals surface area contributed by atoms with Crippen LogP contribution < -0.4 is 11.1 Å². The number of allylic oxidation sites excluding steroid dienone is 1. The summed E-state index contributed by atoms with van der Waals surface area (Å²) in [6, 6.07) is 0. The van der Waals surface area contributed by atoms with Gasteiger partial charge in [0.25, 0.3) is 0 Å². The zero-order chi connectivity index (χ0) is 28.8. The van der Waals surface area contributed by atoms with E-state index < -0.39 is 0 Å². The third-order valence-electron chi connectivity index (χ3n) is 12.5. The Bertz CT molecular complexity index is 839. The van der Waals surface area contributed by atoms with Crippen LogP contribution in [0.3, 0.4) is 0 Å². The molecule has 0 aromatic heterocycles. The highest BCUT2D eigenvalue weighted by molar-refractivity contribution is 5.67. The quantitative estimate of drug-likeness (QED) is 0.166. The Morgan fingerprint density at radius 3 is 2.45 bits per heavy atom. The van der Waals surface area contributed by atoms with Gasteiger partial charge < -0.3 is 15.8 Å². The van der Waals surface area contributed by atoms with Crippen molar-refractivity contribution in [2.75, 3.05) is 13.1 Å². The fourth-order valence-corrected chi connectivity index (χ4v) is 10.1. The van der Waals surface area contributed by atoms with E-state index in [9.17, 15) is 4.79 Å². The van der Waals surface area contributed by atoms with E-state index in [2.05, 4.69) is 51.7 Å². The van der Waals surface area contributed by atoms with Gasteiger partial charge in [0.05, 0.1) is 6.54 Å². The van der Waals surface area contributed by atoms with Crippen molar-refractivity contribution in [3.63, 3.8) is 0 Å². The molecule has 0 aromatic carbocycles. The maximum absolute atomic E-state index is 12.5. The van der Waals surface area contributed by atoms with E-state index in [0.29, 0.717) is 10.8 Å². The van der Waals surface area contributed by atoms with Gasteiger partial charge in [-0.25, -0.2) is 4.79 Å². The third-order valence-corrected chi connectivity index (χ3v) is 12.5. The molecule has 0 radical (unpaired) electrons. The Kier molecular flexibility index (Phi) is 11.5. The molecule has 4 nitrogen and oxygen atoms in total. The first kappa shape index (κ1) is 31.9. The van der Waals surface area contributed by atoms with Gasteiger partial charge in [-0.05, 0) is 111 Å². The second kappa shape index (κ2) is 14.4. The Morgan fingerprint density at radius 1 is 0.950 bits per heavy atom. The molecule has 8 atom stereocenters. The molecule has 0 bridgehead atoms. The average Bonchev–Trinajstić information content (AvgIpc) is 3.27. The maximum Gasteiger partial charge on any atom is 0.407 e. The van der Waals surface area contributed by atoms with Gasteiger partial charge in [0, 0.05) is 13.0 Å². The summed E-state index contributed by atoms with van der Waals surface area (Å²) < 4.78 is 5.96. The molecule has 0 heterocycles. The molecular formula is C36H65N2O2+.